The quantitative estimate of drug-likeness (QED) is 0.859. The van der Waals surface area contributed by atoms with Crippen molar-refractivity contribution in [2.24, 2.45) is 0 Å². The molecule has 1 aliphatic rings. The molecule has 0 bridgehead atoms. The first-order chi connectivity index (χ1) is 8.24. The second kappa shape index (κ2) is 3.96. The smallest absolute Gasteiger partial charge is 0.151 e. The van der Waals surface area contributed by atoms with Crippen LogP contribution < -0.4 is 5.32 Å². The normalized spacial score (nSPS) is 18.1. The minimum atomic E-state index is -0.964. The lowest BCUT2D eigenvalue weighted by atomic mass is 10.1. The highest BCUT2D eigenvalue weighted by molar-refractivity contribution is 7.83. The number of hydrogen-bond acceptors (Lipinski definition) is 3. The van der Waals surface area contributed by atoms with Crippen LogP contribution in [-0.2, 0) is 22.3 Å². The van der Waals surface area contributed by atoms with Crippen LogP contribution in [0.25, 0.3) is 0 Å². The molecule has 6 heteroatoms. The van der Waals surface area contributed by atoms with Crippen molar-refractivity contribution >= 4 is 22.3 Å². The van der Waals surface area contributed by atoms with Crippen LogP contribution in [0.15, 0.2) is 24.4 Å². The number of anilines is 2. The molecule has 1 aliphatic heterocycles. The molecular formula is C11H10FN3OS. The molecule has 0 radical (unpaired) electrons. The van der Waals surface area contributed by atoms with Crippen LogP contribution >= 0.6 is 0 Å². The van der Waals surface area contributed by atoms with Crippen molar-refractivity contribution in [3.8, 4) is 0 Å². The predicted molar refractivity (Wildman–Crippen MR) is 63.8 cm³/mol. The van der Waals surface area contributed by atoms with Crippen LogP contribution in [0.1, 0.15) is 11.1 Å². The summed E-state index contributed by atoms with van der Waals surface area (Å²) in [5.41, 5.74) is 1.79. The standard InChI is InChI=1S/C11H10FN3OS/c12-11-8-6-17(16)5-7(8)1-2-9(11)14-10-3-4-13-15-10/h1-4H,5-6H2,(H2,13,14,15). The maximum absolute atomic E-state index is 14.1. The van der Waals surface area contributed by atoms with Gasteiger partial charge < -0.3 is 5.32 Å². The molecule has 1 unspecified atom stereocenters. The number of aromatic amines is 1. The maximum atomic E-state index is 14.1. The topological polar surface area (TPSA) is 57.8 Å². The van der Waals surface area contributed by atoms with Gasteiger partial charge >= 0.3 is 0 Å². The number of halogens is 1. The number of H-pyrrole nitrogens is 1. The van der Waals surface area contributed by atoms with Crippen LogP contribution in [0.5, 0.6) is 0 Å². The summed E-state index contributed by atoms with van der Waals surface area (Å²) in [5, 5.41) is 9.38. The molecular weight excluding hydrogens is 241 g/mol. The van der Waals surface area contributed by atoms with E-state index in [1.807, 2.05) is 6.07 Å². The summed E-state index contributed by atoms with van der Waals surface area (Å²) in [4.78, 5) is 0. The Labute approximate surface area is 99.7 Å². The molecule has 2 aromatic rings. The SMILES string of the molecule is O=S1Cc2ccc(Nc3ccn[nH]3)c(F)c2C1. The second-order valence-corrected chi connectivity index (χ2v) is 5.35. The average molecular weight is 251 g/mol. The van der Waals surface area contributed by atoms with Crippen LogP contribution in [0.2, 0.25) is 0 Å². The van der Waals surface area contributed by atoms with E-state index in [0.717, 1.165) is 5.56 Å². The third-order valence-corrected chi connectivity index (χ3v) is 3.98. The zero-order valence-corrected chi connectivity index (χ0v) is 9.68. The fourth-order valence-electron chi connectivity index (χ4n) is 1.91. The van der Waals surface area contributed by atoms with Gasteiger partial charge in [-0.1, -0.05) is 6.07 Å². The first-order valence-corrected chi connectivity index (χ1v) is 6.64. The Balaban J connectivity index is 1.97. The fraction of sp³-hybridized carbons (Fsp3) is 0.182. The van der Waals surface area contributed by atoms with E-state index in [4.69, 9.17) is 0 Å². The minimum Gasteiger partial charge on any atom is -0.338 e. The van der Waals surface area contributed by atoms with Crippen molar-refractivity contribution in [1.82, 2.24) is 10.2 Å². The van der Waals surface area contributed by atoms with E-state index < -0.39 is 10.8 Å². The first-order valence-electron chi connectivity index (χ1n) is 5.15. The number of nitrogens with zero attached hydrogens (tertiary/aromatic N) is 1. The van der Waals surface area contributed by atoms with E-state index in [9.17, 15) is 8.60 Å². The fourth-order valence-corrected chi connectivity index (χ4v) is 3.26. The molecule has 0 saturated heterocycles. The number of hydrogen-bond donors (Lipinski definition) is 2. The average Bonchev–Trinajstić information content (AvgIpc) is 2.91. The van der Waals surface area contributed by atoms with Gasteiger partial charge in [-0.2, -0.15) is 5.10 Å². The number of aromatic nitrogens is 2. The van der Waals surface area contributed by atoms with E-state index in [-0.39, 0.29) is 5.82 Å². The molecule has 2 N–H and O–H groups in total. The predicted octanol–water partition coefficient (Wildman–Crippen LogP) is 2.05. The van der Waals surface area contributed by atoms with Gasteiger partial charge in [-0.15, -0.1) is 0 Å². The lowest BCUT2D eigenvalue weighted by Crippen LogP contribution is -1.98. The summed E-state index contributed by atoms with van der Waals surface area (Å²) in [5.74, 6) is 1.07. The minimum absolute atomic E-state index is 0.305. The van der Waals surface area contributed by atoms with Crippen LogP contribution in [0.4, 0.5) is 15.9 Å². The van der Waals surface area contributed by atoms with E-state index in [1.165, 1.54) is 0 Å². The van der Waals surface area contributed by atoms with E-state index in [1.54, 1.807) is 18.3 Å². The summed E-state index contributed by atoms with van der Waals surface area (Å²) < 4.78 is 25.5. The van der Waals surface area contributed by atoms with Crippen LogP contribution in [0.3, 0.4) is 0 Å². The van der Waals surface area contributed by atoms with Gasteiger partial charge in [-0.25, -0.2) is 4.39 Å². The van der Waals surface area contributed by atoms with Gasteiger partial charge in [0.05, 0.1) is 17.6 Å². The zero-order valence-electron chi connectivity index (χ0n) is 8.87. The molecule has 3 rings (SSSR count). The molecule has 0 fully saturated rings. The molecule has 1 atom stereocenters. The molecule has 0 saturated carbocycles. The summed E-state index contributed by atoms with van der Waals surface area (Å²) >= 11 is 0. The van der Waals surface area contributed by atoms with Crippen molar-refractivity contribution in [2.75, 3.05) is 5.32 Å². The van der Waals surface area contributed by atoms with Crippen molar-refractivity contribution in [1.29, 1.82) is 0 Å². The summed E-state index contributed by atoms with van der Waals surface area (Å²) in [7, 11) is -0.964. The highest BCUT2D eigenvalue weighted by Gasteiger charge is 2.22. The van der Waals surface area contributed by atoms with Crippen molar-refractivity contribution < 1.29 is 8.60 Å². The Hall–Kier alpha value is -1.69. The highest BCUT2D eigenvalue weighted by atomic mass is 32.2. The second-order valence-electron chi connectivity index (χ2n) is 3.89. The monoisotopic (exact) mass is 251 g/mol. The first kappa shape index (κ1) is 10.5. The molecule has 1 aromatic carbocycles. The van der Waals surface area contributed by atoms with Gasteiger partial charge in [-0.3, -0.25) is 9.31 Å². The molecule has 0 spiro atoms. The van der Waals surface area contributed by atoms with Crippen LogP contribution in [0, 0.1) is 5.82 Å². The summed E-state index contributed by atoms with van der Waals surface area (Å²) in [6.45, 7) is 0. The molecule has 0 aliphatic carbocycles. The summed E-state index contributed by atoms with van der Waals surface area (Å²) in [6.07, 6.45) is 1.59. The number of benzene rings is 1. The molecule has 4 nitrogen and oxygen atoms in total. The number of nitrogens with one attached hydrogen (secondary N) is 2. The largest absolute Gasteiger partial charge is 0.338 e. The van der Waals surface area contributed by atoms with Gasteiger partial charge in [0.2, 0.25) is 0 Å². The lowest BCUT2D eigenvalue weighted by Gasteiger charge is -2.08. The summed E-state index contributed by atoms with van der Waals surface area (Å²) in [6, 6.07) is 5.20. The molecule has 17 heavy (non-hydrogen) atoms. The zero-order chi connectivity index (χ0) is 11.8. The lowest BCUT2D eigenvalue weighted by molar-refractivity contribution is 0.620. The van der Waals surface area contributed by atoms with Crippen molar-refractivity contribution in [3.05, 3.63) is 41.3 Å². The molecule has 88 valence electrons. The highest BCUT2D eigenvalue weighted by Crippen LogP contribution is 2.30. The van der Waals surface area contributed by atoms with Crippen LogP contribution in [-0.4, -0.2) is 14.4 Å². The Morgan fingerprint density at radius 1 is 1.35 bits per heavy atom. The Morgan fingerprint density at radius 2 is 2.24 bits per heavy atom. The molecule has 0 amide bonds. The Morgan fingerprint density at radius 3 is 3.00 bits per heavy atom. The van der Waals surface area contributed by atoms with Gasteiger partial charge in [-0.05, 0) is 11.6 Å². The van der Waals surface area contributed by atoms with Crippen molar-refractivity contribution in [3.63, 3.8) is 0 Å². The van der Waals surface area contributed by atoms with E-state index in [2.05, 4.69) is 15.5 Å². The molecule has 2 heterocycles. The van der Waals surface area contributed by atoms with E-state index in [0.29, 0.717) is 28.6 Å². The third kappa shape index (κ3) is 1.84. The third-order valence-electron chi connectivity index (χ3n) is 2.73. The maximum Gasteiger partial charge on any atom is 0.151 e. The van der Waals surface area contributed by atoms with Gasteiger partial charge in [0.25, 0.3) is 0 Å². The number of fused-ring (bicyclic) bond motifs is 1. The Bertz CT molecular complexity index is 583. The van der Waals surface area contributed by atoms with Gasteiger partial charge in [0.1, 0.15) is 5.82 Å². The molecule has 1 aromatic heterocycles. The van der Waals surface area contributed by atoms with Crippen molar-refractivity contribution in [2.45, 2.75) is 11.5 Å². The van der Waals surface area contributed by atoms with E-state index >= 15 is 0 Å². The van der Waals surface area contributed by atoms with Gasteiger partial charge in [0, 0.05) is 28.2 Å². The van der Waals surface area contributed by atoms with Gasteiger partial charge in [0.15, 0.2) is 5.82 Å². The number of rotatable bonds is 2. The Kier molecular flexibility index (Phi) is 2.44.